The molecule has 3 aromatic rings. The summed E-state index contributed by atoms with van der Waals surface area (Å²) < 4.78 is 160. The van der Waals surface area contributed by atoms with Crippen molar-refractivity contribution in [3.05, 3.63) is 89.0 Å². The Kier molecular flexibility index (Phi) is 6.88. The van der Waals surface area contributed by atoms with Crippen molar-refractivity contribution < 1.29 is 52.7 Å². The quantitative estimate of drug-likeness (QED) is 0.250. The molecular formula is C22H12F12S. The summed E-state index contributed by atoms with van der Waals surface area (Å²) in [5, 5.41) is 0. The minimum Gasteiger partial charge on any atom is -0.173 e. The molecule has 35 heavy (non-hydrogen) atoms. The number of hydrogen-bond donors (Lipinski definition) is 1. The Balaban J connectivity index is 2.36. The molecule has 0 fully saturated rings. The zero-order valence-corrected chi connectivity index (χ0v) is 17.7. The fourth-order valence-electron chi connectivity index (χ4n) is 3.16. The highest BCUT2D eigenvalue weighted by molar-refractivity contribution is 8.17. The predicted octanol–water partition coefficient (Wildman–Crippen LogP) is 9.24. The minimum atomic E-state index is -5.27. The average molecular weight is 536 g/mol. The molecule has 0 spiro atoms. The Bertz CT molecular complexity index is 1110. The van der Waals surface area contributed by atoms with E-state index in [1.54, 1.807) is 0 Å². The van der Waals surface area contributed by atoms with Crippen LogP contribution in [-0.4, -0.2) is 0 Å². The van der Waals surface area contributed by atoms with Gasteiger partial charge in [0.1, 0.15) is 0 Å². The first-order valence-corrected chi connectivity index (χ1v) is 10.7. The van der Waals surface area contributed by atoms with Crippen LogP contribution in [0.5, 0.6) is 0 Å². The predicted molar refractivity (Wildman–Crippen MR) is 103 cm³/mol. The van der Waals surface area contributed by atoms with Crippen LogP contribution < -0.4 is 0 Å². The summed E-state index contributed by atoms with van der Waals surface area (Å²) in [6.07, 6.45) is -20.4. The van der Waals surface area contributed by atoms with Crippen molar-refractivity contribution in [1.29, 1.82) is 0 Å². The van der Waals surface area contributed by atoms with Crippen molar-refractivity contribution in [1.82, 2.24) is 0 Å². The van der Waals surface area contributed by atoms with Gasteiger partial charge in [-0.2, -0.15) is 63.6 Å². The Morgan fingerprint density at radius 1 is 0.371 bits per heavy atom. The molecule has 0 aliphatic carbocycles. The second-order valence-electron chi connectivity index (χ2n) is 7.20. The first kappa shape index (κ1) is 26.8. The van der Waals surface area contributed by atoms with Crippen LogP contribution in [0.4, 0.5) is 52.7 Å². The summed E-state index contributed by atoms with van der Waals surface area (Å²) >= 11 is 0. The van der Waals surface area contributed by atoms with Crippen LogP contribution in [0, 0.1) is 0 Å². The molecule has 0 saturated carbocycles. The van der Waals surface area contributed by atoms with E-state index < -0.39 is 62.7 Å². The number of rotatable bonds is 3. The van der Waals surface area contributed by atoms with Crippen molar-refractivity contribution >= 4 is 10.9 Å². The summed E-state index contributed by atoms with van der Waals surface area (Å²) in [7, 11) is -2.70. The fraction of sp³-hybridized carbons (Fsp3) is 0.182. The molecule has 0 aromatic heterocycles. The lowest BCUT2D eigenvalue weighted by atomic mass is 10.1. The second-order valence-corrected chi connectivity index (χ2v) is 9.42. The third-order valence-electron chi connectivity index (χ3n) is 4.69. The molecule has 0 bridgehead atoms. The standard InChI is InChI=1S/C22H12F12S/c23-19(24,25)12-3-1-5-16(8-12)35(17-6-2-4-13(9-17)20(26,27)28)18-10-14(21(29,30)31)7-15(11-18)22(32,33)34/h1-11,35H. The topological polar surface area (TPSA) is 0 Å². The van der Waals surface area contributed by atoms with Gasteiger partial charge in [-0.25, -0.2) is 0 Å². The van der Waals surface area contributed by atoms with Gasteiger partial charge in [0, 0.05) is 0 Å². The van der Waals surface area contributed by atoms with E-state index in [-0.39, 0.29) is 15.9 Å². The number of hydrogen-bond acceptors (Lipinski definition) is 0. The number of halogens is 12. The molecule has 0 nitrogen and oxygen atoms in total. The SMILES string of the molecule is FC(F)(F)c1cccc([SH](c2cccc(C(F)(F)F)c2)c2cc(C(F)(F)F)cc(C(F)(F)F)c2)c1. The van der Waals surface area contributed by atoms with E-state index in [1.165, 1.54) is 0 Å². The van der Waals surface area contributed by atoms with Crippen molar-refractivity contribution in [2.45, 2.75) is 39.4 Å². The lowest BCUT2D eigenvalue weighted by molar-refractivity contribution is -0.143. The summed E-state index contributed by atoms with van der Waals surface area (Å²) in [5.41, 5.74) is -6.02. The highest BCUT2D eigenvalue weighted by atomic mass is 32.2. The maximum Gasteiger partial charge on any atom is 0.416 e. The summed E-state index contributed by atoms with van der Waals surface area (Å²) in [5.74, 6) is 0. The van der Waals surface area contributed by atoms with Crippen LogP contribution in [-0.2, 0) is 24.7 Å². The minimum absolute atomic E-state index is 0.171. The van der Waals surface area contributed by atoms with Crippen LogP contribution in [0.25, 0.3) is 0 Å². The Hall–Kier alpha value is -2.83. The van der Waals surface area contributed by atoms with E-state index >= 15 is 0 Å². The van der Waals surface area contributed by atoms with E-state index in [4.69, 9.17) is 0 Å². The third kappa shape index (κ3) is 6.24. The molecule has 0 unspecified atom stereocenters. The van der Waals surface area contributed by atoms with Gasteiger partial charge in [-0.1, -0.05) is 12.1 Å². The van der Waals surface area contributed by atoms with Crippen molar-refractivity contribution in [2.24, 2.45) is 0 Å². The Morgan fingerprint density at radius 3 is 1.00 bits per heavy atom. The molecule has 0 aliphatic heterocycles. The van der Waals surface area contributed by atoms with Crippen molar-refractivity contribution in [3.63, 3.8) is 0 Å². The molecule has 0 aliphatic rings. The molecule has 0 amide bonds. The van der Waals surface area contributed by atoms with Gasteiger partial charge in [-0.05, 0) is 69.3 Å². The molecule has 190 valence electrons. The molecule has 0 radical (unpaired) electrons. The van der Waals surface area contributed by atoms with Crippen LogP contribution in [0.1, 0.15) is 22.3 Å². The van der Waals surface area contributed by atoms with Gasteiger partial charge < -0.3 is 0 Å². The van der Waals surface area contributed by atoms with E-state index in [2.05, 4.69) is 0 Å². The number of thiol groups is 1. The second kappa shape index (κ2) is 8.99. The molecule has 0 N–H and O–H groups in total. The first-order valence-electron chi connectivity index (χ1n) is 9.31. The normalized spacial score (nSPS) is 13.7. The molecular weight excluding hydrogens is 524 g/mol. The van der Waals surface area contributed by atoms with Gasteiger partial charge in [-0.3, -0.25) is 0 Å². The number of benzene rings is 3. The average Bonchev–Trinajstić information content (AvgIpc) is 2.72. The van der Waals surface area contributed by atoms with Gasteiger partial charge in [-0.15, -0.1) is 0 Å². The smallest absolute Gasteiger partial charge is 0.173 e. The largest absolute Gasteiger partial charge is 0.416 e. The van der Waals surface area contributed by atoms with Gasteiger partial charge in [0.15, 0.2) is 0 Å². The van der Waals surface area contributed by atoms with Gasteiger partial charge in [0.2, 0.25) is 0 Å². The summed E-state index contributed by atoms with van der Waals surface area (Å²) in [6, 6.07) is 6.45. The molecule has 3 aromatic carbocycles. The highest BCUT2D eigenvalue weighted by Crippen LogP contribution is 2.54. The monoisotopic (exact) mass is 536 g/mol. The van der Waals surface area contributed by atoms with Crippen LogP contribution in [0.3, 0.4) is 0 Å². The summed E-state index contributed by atoms with van der Waals surface area (Å²) in [6.45, 7) is 0. The Morgan fingerprint density at radius 2 is 0.686 bits per heavy atom. The van der Waals surface area contributed by atoms with Crippen LogP contribution >= 0.6 is 10.9 Å². The summed E-state index contributed by atoms with van der Waals surface area (Å²) in [4.78, 5) is -1.50. The van der Waals surface area contributed by atoms with Gasteiger partial charge >= 0.3 is 24.7 Å². The van der Waals surface area contributed by atoms with Gasteiger partial charge in [0.05, 0.1) is 22.3 Å². The molecule has 13 heteroatoms. The Labute approximate surface area is 192 Å². The van der Waals surface area contributed by atoms with E-state index in [0.717, 1.165) is 24.3 Å². The molecule has 0 atom stereocenters. The van der Waals surface area contributed by atoms with Crippen molar-refractivity contribution in [2.75, 3.05) is 0 Å². The lowest BCUT2D eigenvalue weighted by Crippen LogP contribution is -2.11. The maximum absolute atomic E-state index is 13.4. The molecule has 3 rings (SSSR count). The third-order valence-corrected chi connectivity index (χ3v) is 7.06. The maximum atomic E-state index is 13.4. The zero-order chi connectivity index (χ0) is 26.4. The van der Waals surface area contributed by atoms with Crippen molar-refractivity contribution in [3.8, 4) is 0 Å². The lowest BCUT2D eigenvalue weighted by Gasteiger charge is -2.26. The van der Waals surface area contributed by atoms with E-state index in [0.29, 0.717) is 36.4 Å². The number of alkyl halides is 12. The fourth-order valence-corrected chi connectivity index (χ4v) is 5.59. The zero-order valence-electron chi connectivity index (χ0n) is 16.8. The molecule has 0 heterocycles. The molecule has 0 saturated heterocycles. The highest BCUT2D eigenvalue weighted by Gasteiger charge is 2.38. The van der Waals surface area contributed by atoms with Crippen LogP contribution in [0.15, 0.2) is 81.4 Å². The van der Waals surface area contributed by atoms with E-state index in [9.17, 15) is 52.7 Å². The van der Waals surface area contributed by atoms with E-state index in [1.807, 2.05) is 0 Å². The first-order chi connectivity index (χ1) is 15.9. The van der Waals surface area contributed by atoms with Crippen LogP contribution in [0.2, 0.25) is 0 Å². The van der Waals surface area contributed by atoms with Gasteiger partial charge in [0.25, 0.3) is 0 Å².